The fourth-order valence-electron chi connectivity index (χ4n) is 10.8. The minimum Gasteiger partial charge on any atom is -0.385 e. The molecule has 12 nitrogen and oxygen atoms in total. The maximum Gasteiger partial charge on any atom is 0.251 e. The Labute approximate surface area is 485 Å². The van der Waals surface area contributed by atoms with Crippen molar-refractivity contribution < 1.29 is 14.2 Å². The monoisotopic (exact) mass is 1090 g/mol. The van der Waals surface area contributed by atoms with Crippen molar-refractivity contribution >= 4 is 73.7 Å². The van der Waals surface area contributed by atoms with Gasteiger partial charge in [-0.05, 0) is 154 Å². The zero-order valence-electron chi connectivity index (χ0n) is 49.3. The fourth-order valence-corrected chi connectivity index (χ4v) is 10.8. The van der Waals surface area contributed by atoms with Crippen molar-refractivity contribution in [1.82, 2.24) is 20.9 Å². The number of unbranched alkanes of at least 4 members (excludes halogenated alkanes) is 6. The maximum atomic E-state index is 13.1. The first-order valence-corrected chi connectivity index (χ1v) is 29.2. The molecule has 1 heterocycles. The van der Waals surface area contributed by atoms with Gasteiger partial charge in [0, 0.05) is 130 Å². The molecule has 0 atom stereocenters. The summed E-state index contributed by atoms with van der Waals surface area (Å²) in [5.41, 5.74) is 21.8. The van der Waals surface area contributed by atoms with Crippen LogP contribution in [-0.2, 0) is 0 Å². The predicted octanol–water partition coefficient (Wildman–Crippen LogP) is 14.4. The van der Waals surface area contributed by atoms with Gasteiger partial charge in [0.1, 0.15) is 11.0 Å². The lowest BCUT2D eigenvalue weighted by Gasteiger charge is -2.20. The number of amides is 2. The molecule has 0 saturated heterocycles. The molecular weight excluding hydrogens is 1010 g/mol. The molecule has 0 fully saturated rings. The molecule has 1 aliphatic rings. The van der Waals surface area contributed by atoms with Crippen LogP contribution in [-0.4, -0.2) is 76.9 Å². The van der Waals surface area contributed by atoms with Gasteiger partial charge in [-0.25, -0.2) is 4.98 Å². The molecule has 9 rings (SSSR count). The molecule has 1 aromatic heterocycles. The summed E-state index contributed by atoms with van der Waals surface area (Å²) in [4.78, 5) is 40.6. The van der Waals surface area contributed by atoms with Crippen molar-refractivity contribution in [3.05, 3.63) is 197 Å². The summed E-state index contributed by atoms with van der Waals surface area (Å²) >= 11 is 0. The van der Waals surface area contributed by atoms with Crippen LogP contribution in [0.5, 0.6) is 0 Å². The predicted molar refractivity (Wildman–Crippen MR) is 343 cm³/mol. The van der Waals surface area contributed by atoms with E-state index in [1.165, 1.54) is 33.6 Å². The number of benzene rings is 7. The van der Waals surface area contributed by atoms with Crippen LogP contribution in [0.3, 0.4) is 0 Å². The van der Waals surface area contributed by atoms with Crippen LogP contribution in [0.15, 0.2) is 174 Å². The normalized spacial score (nSPS) is 12.7. The van der Waals surface area contributed by atoms with E-state index in [1.54, 1.807) is 0 Å². The Balaban J connectivity index is 0.647. The highest BCUT2D eigenvalue weighted by molar-refractivity contribution is 6.01. The number of anilines is 5. The minimum absolute atomic E-state index is 0.0649. The van der Waals surface area contributed by atoms with Crippen molar-refractivity contribution in [2.75, 3.05) is 74.8 Å². The number of aromatic nitrogens is 2. The number of nitrogens with one attached hydrogen (secondary N) is 5. The molecule has 8 aromatic rings. The van der Waals surface area contributed by atoms with Crippen LogP contribution in [0.2, 0.25) is 0 Å². The van der Waals surface area contributed by atoms with Crippen LogP contribution >= 0.6 is 0 Å². The lowest BCUT2D eigenvalue weighted by molar-refractivity contribution is -0.538. The topological polar surface area (TPSA) is 130 Å². The van der Waals surface area contributed by atoms with E-state index >= 15 is 0 Å². The van der Waals surface area contributed by atoms with E-state index in [-0.39, 0.29) is 11.8 Å². The highest BCUT2D eigenvalue weighted by Gasteiger charge is 2.23. The van der Waals surface area contributed by atoms with Crippen LogP contribution in [0.25, 0.3) is 38.9 Å². The smallest absolute Gasteiger partial charge is 0.251 e. The van der Waals surface area contributed by atoms with Gasteiger partial charge in [0.25, 0.3) is 11.8 Å². The number of aryl methyl sites for hydroxylation is 3. The van der Waals surface area contributed by atoms with Gasteiger partial charge in [0.05, 0.1) is 11.4 Å². The van der Waals surface area contributed by atoms with Gasteiger partial charge in [-0.2, -0.15) is 0 Å². The molecule has 7 aromatic carbocycles. The van der Waals surface area contributed by atoms with Crippen LogP contribution in [0.4, 0.5) is 34.1 Å². The second-order valence-corrected chi connectivity index (χ2v) is 22.1. The Kier molecular flexibility index (Phi) is 19.5. The molecular formula is C70H81N10O2+. The third kappa shape index (κ3) is 14.8. The molecule has 2 amide bonds. The summed E-state index contributed by atoms with van der Waals surface area (Å²) in [6.07, 6.45) is 13.3. The molecule has 422 valence electrons. The van der Waals surface area contributed by atoms with Gasteiger partial charge in [-0.1, -0.05) is 92.4 Å². The first kappa shape index (κ1) is 57.9. The minimum atomic E-state index is -0.0677. The van der Waals surface area contributed by atoms with Crippen molar-refractivity contribution in [1.29, 1.82) is 0 Å². The number of hydrogen-bond donors (Lipinski definition) is 5. The molecule has 12 heteroatoms. The molecule has 82 heavy (non-hydrogen) atoms. The average Bonchev–Trinajstić information content (AvgIpc) is 1.88. The van der Waals surface area contributed by atoms with Crippen molar-refractivity contribution in [3.63, 3.8) is 0 Å². The SMILES string of the molecule is CC1=CC(=Nc2cc(C)c(N(C)C)cc2Nc2ccccc2)CC=C1NCCCCCCNC(=O)c1ccc(-c2ccc(C(=O)NCCCCCCNc3cc4c(cc3C)nc3cc(C)c(N(C)C)cc3[n+]4-c3ccccc3)cc2)cc1. The summed E-state index contributed by atoms with van der Waals surface area (Å²) < 4.78 is 2.33. The Morgan fingerprint density at radius 3 is 1.62 bits per heavy atom. The number of allylic oxidation sites excluding steroid dienone is 3. The number of hydrogen-bond acceptors (Lipinski definition) is 9. The number of para-hydroxylation sites is 2. The van der Waals surface area contributed by atoms with Gasteiger partial charge in [0.2, 0.25) is 16.7 Å². The van der Waals surface area contributed by atoms with Gasteiger partial charge in [-0.3, -0.25) is 14.6 Å². The highest BCUT2D eigenvalue weighted by Crippen LogP contribution is 2.36. The largest absolute Gasteiger partial charge is 0.385 e. The first-order chi connectivity index (χ1) is 39.8. The third-order valence-electron chi connectivity index (χ3n) is 15.3. The number of fused-ring (bicyclic) bond motifs is 2. The summed E-state index contributed by atoms with van der Waals surface area (Å²) in [6.45, 7) is 11.6. The number of nitrogens with zero attached hydrogens (tertiary/aromatic N) is 5. The van der Waals surface area contributed by atoms with Crippen molar-refractivity contribution in [2.24, 2.45) is 4.99 Å². The number of rotatable bonds is 25. The van der Waals surface area contributed by atoms with E-state index in [1.807, 2.05) is 66.7 Å². The van der Waals surface area contributed by atoms with Gasteiger partial charge in [0.15, 0.2) is 0 Å². The second-order valence-electron chi connectivity index (χ2n) is 22.1. The van der Waals surface area contributed by atoms with Crippen LogP contribution in [0, 0.1) is 20.8 Å². The molecule has 0 spiro atoms. The van der Waals surface area contributed by atoms with Crippen LogP contribution < -0.4 is 41.0 Å². The van der Waals surface area contributed by atoms with E-state index in [9.17, 15) is 9.59 Å². The number of carbonyl (C=O) groups is 2. The zero-order chi connectivity index (χ0) is 57.5. The molecule has 0 aliphatic heterocycles. The summed E-state index contributed by atoms with van der Waals surface area (Å²) in [5, 5.41) is 17.1. The molecule has 5 N–H and O–H groups in total. The van der Waals surface area contributed by atoms with Gasteiger partial charge in [-0.15, -0.1) is 4.57 Å². The lowest BCUT2D eigenvalue weighted by atomic mass is 10.0. The Hall–Kier alpha value is -8.77. The van der Waals surface area contributed by atoms with Gasteiger partial charge < -0.3 is 36.4 Å². The first-order valence-electron chi connectivity index (χ1n) is 29.2. The second kappa shape index (κ2) is 27.6. The lowest BCUT2D eigenvalue weighted by Crippen LogP contribution is -2.33. The standard InChI is InChI=1S/C70H80N10O2/c1-48-41-57(76-61-43-50(3)65(78(5)6)46-62(61)75-56-23-15-13-16-24-56)35-36-59(48)71-37-19-9-11-21-39-73-69(81)54-31-27-52(28-32-54)53-29-33-55(34-30-53)70(82)74-40-22-12-10-20-38-72-60-45-67-63(42-49(60)2)77-64-44-51(4)66(79(7)8)47-68(64)80(67)58-25-17-14-18-26-58/h13-18,23-34,36,41-47,71,75H,9-12,19-22,35,37-40H2,1-8H3,(H2,73,74,81,82)/p+1. The maximum absolute atomic E-state index is 13.1. The van der Waals surface area contributed by atoms with E-state index in [4.69, 9.17) is 9.98 Å². The van der Waals surface area contributed by atoms with E-state index in [0.717, 1.165) is 144 Å². The Morgan fingerprint density at radius 1 is 0.537 bits per heavy atom. The quantitative estimate of drug-likeness (QED) is 0.0217. The summed E-state index contributed by atoms with van der Waals surface area (Å²) in [7, 11) is 8.30. The number of aliphatic imine (C=N–C) groups is 1. The fraction of sp³-hybridized carbons (Fsp3) is 0.300. The molecule has 0 bridgehead atoms. The average molecular weight is 1090 g/mol. The molecule has 1 aliphatic carbocycles. The highest BCUT2D eigenvalue weighted by atomic mass is 16.2. The molecule has 0 unspecified atom stereocenters. The van der Waals surface area contributed by atoms with E-state index in [2.05, 4.69) is 188 Å². The third-order valence-corrected chi connectivity index (χ3v) is 15.3. The van der Waals surface area contributed by atoms with Crippen LogP contribution in [0.1, 0.15) is 102 Å². The van der Waals surface area contributed by atoms with Crippen molar-refractivity contribution in [3.8, 4) is 16.8 Å². The molecule has 0 saturated carbocycles. The number of carbonyl (C=O) groups excluding carboxylic acids is 2. The summed E-state index contributed by atoms with van der Waals surface area (Å²) in [6, 6.07) is 49.3. The zero-order valence-corrected chi connectivity index (χ0v) is 49.3. The molecule has 0 radical (unpaired) electrons. The van der Waals surface area contributed by atoms with E-state index < -0.39 is 0 Å². The summed E-state index contributed by atoms with van der Waals surface area (Å²) in [5.74, 6) is -0.133. The Bertz CT molecular complexity index is 3610. The van der Waals surface area contributed by atoms with Crippen molar-refractivity contribution in [2.45, 2.75) is 85.5 Å². The van der Waals surface area contributed by atoms with E-state index in [0.29, 0.717) is 24.2 Å². The Morgan fingerprint density at radius 2 is 1.05 bits per heavy atom. The van der Waals surface area contributed by atoms with Gasteiger partial charge >= 0.3 is 0 Å².